The van der Waals surface area contributed by atoms with Gasteiger partial charge in [0.25, 0.3) is 0 Å². The molecule has 2 aromatic heterocycles. The number of aromatic nitrogens is 1. The molecule has 4 heterocycles. The minimum atomic E-state index is 0.766. The number of thiazole rings is 1. The SMILES string of the molecule is c1cc(-c2nc(CN3CC(N4CCNCC4)C3)cs2)cs1. The molecule has 0 atom stereocenters. The van der Waals surface area contributed by atoms with Crippen molar-refractivity contribution in [1.82, 2.24) is 20.1 Å². The van der Waals surface area contributed by atoms with Gasteiger partial charge in [-0.3, -0.25) is 9.80 Å². The quantitative estimate of drug-likeness (QED) is 0.933. The van der Waals surface area contributed by atoms with Crippen molar-refractivity contribution in [2.75, 3.05) is 39.3 Å². The summed E-state index contributed by atoms with van der Waals surface area (Å²) < 4.78 is 0. The Morgan fingerprint density at radius 3 is 2.86 bits per heavy atom. The molecular weight excluding hydrogens is 300 g/mol. The molecule has 0 amide bonds. The molecule has 21 heavy (non-hydrogen) atoms. The van der Waals surface area contributed by atoms with E-state index >= 15 is 0 Å². The summed E-state index contributed by atoms with van der Waals surface area (Å²) in [4.78, 5) is 9.91. The van der Waals surface area contributed by atoms with E-state index in [1.54, 1.807) is 22.7 Å². The number of thiophene rings is 1. The second kappa shape index (κ2) is 6.14. The highest BCUT2D eigenvalue weighted by Crippen LogP contribution is 2.27. The van der Waals surface area contributed by atoms with Crippen LogP contribution in [0.3, 0.4) is 0 Å². The monoisotopic (exact) mass is 320 g/mol. The van der Waals surface area contributed by atoms with Gasteiger partial charge in [-0.05, 0) is 11.4 Å². The van der Waals surface area contributed by atoms with Crippen LogP contribution in [0.15, 0.2) is 22.2 Å². The molecular formula is C15H20N4S2. The van der Waals surface area contributed by atoms with E-state index in [2.05, 4.69) is 37.3 Å². The number of hydrogen-bond acceptors (Lipinski definition) is 6. The van der Waals surface area contributed by atoms with E-state index in [-0.39, 0.29) is 0 Å². The van der Waals surface area contributed by atoms with Crippen molar-refractivity contribution in [3.8, 4) is 10.6 Å². The average molecular weight is 320 g/mol. The lowest BCUT2D eigenvalue weighted by atomic mass is 10.1. The molecule has 4 nitrogen and oxygen atoms in total. The lowest BCUT2D eigenvalue weighted by molar-refractivity contribution is 0.0217. The minimum absolute atomic E-state index is 0.766. The van der Waals surface area contributed by atoms with Crippen LogP contribution in [0.5, 0.6) is 0 Å². The Balaban J connectivity index is 1.30. The summed E-state index contributed by atoms with van der Waals surface area (Å²) in [5, 5.41) is 11.1. The van der Waals surface area contributed by atoms with Crippen molar-refractivity contribution >= 4 is 22.7 Å². The second-order valence-corrected chi connectivity index (χ2v) is 7.43. The van der Waals surface area contributed by atoms with E-state index < -0.39 is 0 Å². The van der Waals surface area contributed by atoms with Gasteiger partial charge in [0.2, 0.25) is 0 Å². The van der Waals surface area contributed by atoms with Gasteiger partial charge in [0, 0.05) is 68.2 Å². The molecule has 6 heteroatoms. The molecule has 2 saturated heterocycles. The van der Waals surface area contributed by atoms with Crippen LogP contribution >= 0.6 is 22.7 Å². The third-order valence-electron chi connectivity index (χ3n) is 4.31. The second-order valence-electron chi connectivity index (χ2n) is 5.79. The molecule has 4 rings (SSSR count). The molecule has 0 spiro atoms. The van der Waals surface area contributed by atoms with Crippen LogP contribution in [0.2, 0.25) is 0 Å². The van der Waals surface area contributed by atoms with Crippen molar-refractivity contribution in [2.24, 2.45) is 0 Å². The number of hydrogen-bond donors (Lipinski definition) is 1. The van der Waals surface area contributed by atoms with Gasteiger partial charge in [0.1, 0.15) is 5.01 Å². The molecule has 2 aliphatic rings. The summed E-state index contributed by atoms with van der Waals surface area (Å²) in [6.45, 7) is 8.11. The Hall–Kier alpha value is -0.790. The Morgan fingerprint density at radius 1 is 1.24 bits per heavy atom. The summed E-state index contributed by atoms with van der Waals surface area (Å²) in [6.07, 6.45) is 0. The van der Waals surface area contributed by atoms with E-state index in [0.29, 0.717) is 0 Å². The minimum Gasteiger partial charge on any atom is -0.314 e. The van der Waals surface area contributed by atoms with Gasteiger partial charge in [0.05, 0.1) is 5.69 Å². The Kier molecular flexibility index (Phi) is 4.05. The Bertz CT molecular complexity index is 568. The maximum atomic E-state index is 4.77. The molecule has 0 aromatic carbocycles. The molecule has 2 aliphatic heterocycles. The summed E-state index contributed by atoms with van der Waals surface area (Å²) in [5.74, 6) is 0. The first-order valence-electron chi connectivity index (χ1n) is 7.52. The lowest BCUT2D eigenvalue weighted by Gasteiger charge is -2.46. The first kappa shape index (κ1) is 13.8. The van der Waals surface area contributed by atoms with Gasteiger partial charge in [-0.25, -0.2) is 4.98 Å². The number of likely N-dealkylation sites (tertiary alicyclic amines) is 1. The number of nitrogens with one attached hydrogen (secondary N) is 1. The molecule has 112 valence electrons. The van der Waals surface area contributed by atoms with Crippen LogP contribution in [0.25, 0.3) is 10.6 Å². The largest absolute Gasteiger partial charge is 0.314 e. The Labute approximate surface area is 133 Å². The number of nitrogens with zero attached hydrogens (tertiary/aromatic N) is 3. The van der Waals surface area contributed by atoms with Gasteiger partial charge >= 0.3 is 0 Å². The first-order valence-corrected chi connectivity index (χ1v) is 9.35. The molecule has 0 saturated carbocycles. The van der Waals surface area contributed by atoms with E-state index in [9.17, 15) is 0 Å². The number of piperazine rings is 1. The van der Waals surface area contributed by atoms with Crippen molar-refractivity contribution in [3.63, 3.8) is 0 Å². The summed E-state index contributed by atoms with van der Waals surface area (Å²) in [5.41, 5.74) is 2.48. The average Bonchev–Trinajstić information content (AvgIpc) is 3.14. The highest BCUT2D eigenvalue weighted by atomic mass is 32.1. The van der Waals surface area contributed by atoms with E-state index in [0.717, 1.165) is 30.7 Å². The first-order chi connectivity index (χ1) is 10.4. The zero-order valence-corrected chi connectivity index (χ0v) is 13.6. The standard InChI is InChI=1S/C15H20N4S2/c1-6-20-10-12(1)15-17-13(11-21-15)7-18-8-14(9-18)19-4-2-16-3-5-19/h1,6,10-11,14,16H,2-5,7-9H2. The third kappa shape index (κ3) is 3.05. The van der Waals surface area contributed by atoms with Crippen LogP contribution in [0.1, 0.15) is 5.69 Å². The van der Waals surface area contributed by atoms with Crippen LogP contribution in [-0.2, 0) is 6.54 Å². The van der Waals surface area contributed by atoms with Gasteiger partial charge in [-0.2, -0.15) is 11.3 Å². The highest BCUT2D eigenvalue weighted by molar-refractivity contribution is 7.14. The zero-order chi connectivity index (χ0) is 14.1. The highest BCUT2D eigenvalue weighted by Gasteiger charge is 2.32. The topological polar surface area (TPSA) is 31.4 Å². The van der Waals surface area contributed by atoms with Gasteiger partial charge in [0.15, 0.2) is 0 Å². The van der Waals surface area contributed by atoms with E-state index in [1.807, 2.05) is 0 Å². The zero-order valence-electron chi connectivity index (χ0n) is 12.0. The molecule has 1 N–H and O–H groups in total. The lowest BCUT2D eigenvalue weighted by Crippen LogP contribution is -2.62. The predicted molar refractivity (Wildman–Crippen MR) is 88.9 cm³/mol. The normalized spacial score (nSPS) is 21.5. The van der Waals surface area contributed by atoms with Crippen molar-refractivity contribution in [2.45, 2.75) is 12.6 Å². The van der Waals surface area contributed by atoms with Crippen LogP contribution < -0.4 is 5.32 Å². The number of rotatable bonds is 4. The third-order valence-corrected chi connectivity index (χ3v) is 5.93. The molecule has 2 aromatic rings. The fourth-order valence-electron chi connectivity index (χ4n) is 3.08. The molecule has 2 fully saturated rings. The smallest absolute Gasteiger partial charge is 0.124 e. The summed E-state index contributed by atoms with van der Waals surface area (Å²) in [7, 11) is 0. The van der Waals surface area contributed by atoms with Crippen molar-refractivity contribution < 1.29 is 0 Å². The Morgan fingerprint density at radius 2 is 2.10 bits per heavy atom. The fourth-order valence-corrected chi connectivity index (χ4v) is 4.60. The van der Waals surface area contributed by atoms with Crippen LogP contribution in [-0.4, -0.2) is 60.1 Å². The van der Waals surface area contributed by atoms with Gasteiger partial charge in [-0.1, -0.05) is 0 Å². The summed E-state index contributed by atoms with van der Waals surface area (Å²) in [6, 6.07) is 2.92. The van der Waals surface area contributed by atoms with Gasteiger partial charge < -0.3 is 5.32 Å². The fraction of sp³-hybridized carbons (Fsp3) is 0.533. The maximum absolute atomic E-state index is 4.77. The molecule has 0 aliphatic carbocycles. The van der Waals surface area contributed by atoms with Gasteiger partial charge in [-0.15, -0.1) is 11.3 Å². The summed E-state index contributed by atoms with van der Waals surface area (Å²) >= 11 is 3.50. The van der Waals surface area contributed by atoms with Crippen LogP contribution in [0, 0.1) is 0 Å². The molecule has 0 bridgehead atoms. The molecule has 0 radical (unpaired) electrons. The van der Waals surface area contributed by atoms with Crippen molar-refractivity contribution in [3.05, 3.63) is 27.9 Å². The van der Waals surface area contributed by atoms with E-state index in [1.165, 1.54) is 37.4 Å². The maximum Gasteiger partial charge on any atom is 0.124 e. The van der Waals surface area contributed by atoms with E-state index in [4.69, 9.17) is 4.98 Å². The predicted octanol–water partition coefficient (Wildman–Crippen LogP) is 1.96. The van der Waals surface area contributed by atoms with Crippen molar-refractivity contribution in [1.29, 1.82) is 0 Å². The molecule has 0 unspecified atom stereocenters. The van der Waals surface area contributed by atoms with Crippen LogP contribution in [0.4, 0.5) is 0 Å².